The third-order valence-electron chi connectivity index (χ3n) is 3.90. The van der Waals surface area contributed by atoms with Crippen molar-refractivity contribution in [2.24, 2.45) is 0 Å². The number of ether oxygens (including phenoxy) is 1. The monoisotopic (exact) mass is 398 g/mol. The lowest BCUT2D eigenvalue weighted by atomic mass is 10.2. The molecule has 9 heteroatoms. The lowest BCUT2D eigenvalue weighted by molar-refractivity contribution is 0.415. The lowest BCUT2D eigenvalue weighted by Gasteiger charge is -2.02. The molecule has 0 saturated heterocycles. The molecule has 0 aliphatic carbocycles. The zero-order chi connectivity index (χ0) is 19.5. The van der Waals surface area contributed by atoms with E-state index in [0.717, 1.165) is 11.3 Å². The van der Waals surface area contributed by atoms with E-state index in [4.69, 9.17) is 13.6 Å². The van der Waals surface area contributed by atoms with Gasteiger partial charge in [-0.05, 0) is 55.5 Å². The van der Waals surface area contributed by atoms with Crippen LogP contribution < -0.4 is 4.74 Å². The maximum absolute atomic E-state index is 13.0. The van der Waals surface area contributed by atoms with Crippen molar-refractivity contribution in [2.75, 3.05) is 7.11 Å². The number of rotatable bonds is 6. The van der Waals surface area contributed by atoms with E-state index < -0.39 is 0 Å². The van der Waals surface area contributed by atoms with Crippen LogP contribution in [0.15, 0.2) is 62.6 Å². The average molecular weight is 398 g/mol. The molecule has 2 heterocycles. The van der Waals surface area contributed by atoms with E-state index in [-0.39, 0.29) is 11.1 Å². The van der Waals surface area contributed by atoms with Gasteiger partial charge < -0.3 is 13.6 Å². The fourth-order valence-electron chi connectivity index (χ4n) is 2.42. The minimum atomic E-state index is -0.324. The van der Waals surface area contributed by atoms with Crippen molar-refractivity contribution < 1.29 is 18.0 Å². The number of nitrogens with zero attached hydrogens (tertiary/aromatic N) is 4. The van der Waals surface area contributed by atoms with Crippen molar-refractivity contribution in [3.63, 3.8) is 0 Å². The van der Waals surface area contributed by atoms with Crippen LogP contribution in [0.3, 0.4) is 0 Å². The van der Waals surface area contributed by atoms with Gasteiger partial charge in [0.1, 0.15) is 11.6 Å². The van der Waals surface area contributed by atoms with Crippen molar-refractivity contribution in [1.82, 2.24) is 20.4 Å². The molecule has 2 aromatic heterocycles. The molecule has 0 unspecified atom stereocenters. The Hall–Kier alpha value is -3.20. The number of aromatic nitrogens is 4. The standard InChI is InChI=1S/C19H15FN4O3S/c1-11(16-21-22-17(26-16)13-5-9-15(25-2)10-6-13)28-19-24-23-18(27-19)12-3-7-14(20)8-4-12/h3-11H,1-2H3/t11-/m0/s1. The van der Waals surface area contributed by atoms with Crippen molar-refractivity contribution in [2.45, 2.75) is 17.4 Å². The first-order valence-electron chi connectivity index (χ1n) is 8.36. The molecule has 7 nitrogen and oxygen atoms in total. The van der Waals surface area contributed by atoms with Gasteiger partial charge in [0.2, 0.25) is 17.7 Å². The van der Waals surface area contributed by atoms with Crippen LogP contribution in [0.4, 0.5) is 4.39 Å². The number of hydrogen-bond donors (Lipinski definition) is 0. The first-order valence-corrected chi connectivity index (χ1v) is 9.24. The topological polar surface area (TPSA) is 87.1 Å². The summed E-state index contributed by atoms with van der Waals surface area (Å²) in [6.07, 6.45) is 0. The normalized spacial score (nSPS) is 12.1. The SMILES string of the molecule is COc1ccc(-c2nnc([C@H](C)Sc3nnc(-c4ccc(F)cc4)o3)o2)cc1. The minimum Gasteiger partial charge on any atom is -0.497 e. The van der Waals surface area contributed by atoms with Crippen LogP contribution in [0.2, 0.25) is 0 Å². The largest absolute Gasteiger partial charge is 0.497 e. The number of hydrogen-bond acceptors (Lipinski definition) is 8. The highest BCUT2D eigenvalue weighted by Gasteiger charge is 2.20. The highest BCUT2D eigenvalue weighted by Crippen LogP contribution is 2.35. The van der Waals surface area contributed by atoms with Crippen molar-refractivity contribution >= 4 is 11.8 Å². The predicted molar refractivity (Wildman–Crippen MR) is 100 cm³/mol. The lowest BCUT2D eigenvalue weighted by Crippen LogP contribution is -1.88. The Morgan fingerprint density at radius 2 is 1.46 bits per heavy atom. The molecule has 4 aromatic rings. The van der Waals surface area contributed by atoms with E-state index in [2.05, 4.69) is 20.4 Å². The second kappa shape index (κ2) is 7.81. The van der Waals surface area contributed by atoms with Gasteiger partial charge >= 0.3 is 0 Å². The summed E-state index contributed by atoms with van der Waals surface area (Å²) in [4.78, 5) is 0. The minimum absolute atomic E-state index is 0.194. The number of halogens is 1. The van der Waals surface area contributed by atoms with Gasteiger partial charge in [-0.3, -0.25) is 0 Å². The van der Waals surface area contributed by atoms with Gasteiger partial charge in [0.25, 0.3) is 5.22 Å². The van der Waals surface area contributed by atoms with Crippen LogP contribution in [-0.2, 0) is 0 Å². The average Bonchev–Trinajstić information content (AvgIpc) is 3.39. The van der Waals surface area contributed by atoms with Crippen LogP contribution in [-0.4, -0.2) is 27.5 Å². The van der Waals surface area contributed by atoms with Gasteiger partial charge in [0.15, 0.2) is 0 Å². The Labute approximate surface area is 164 Å². The summed E-state index contributed by atoms with van der Waals surface area (Å²) < 4.78 is 29.6. The number of benzene rings is 2. The van der Waals surface area contributed by atoms with Gasteiger partial charge in [-0.2, -0.15) is 0 Å². The molecule has 4 rings (SSSR count). The van der Waals surface area contributed by atoms with Crippen LogP contribution in [0, 0.1) is 5.82 Å². The molecule has 0 bridgehead atoms. The first kappa shape index (κ1) is 18.2. The number of thioether (sulfide) groups is 1. The Balaban J connectivity index is 1.46. The fraction of sp³-hybridized carbons (Fsp3) is 0.158. The van der Waals surface area contributed by atoms with Gasteiger partial charge in [0, 0.05) is 11.1 Å². The summed E-state index contributed by atoms with van der Waals surface area (Å²) >= 11 is 1.30. The second-order valence-electron chi connectivity index (χ2n) is 5.81. The Morgan fingerprint density at radius 1 is 0.857 bits per heavy atom. The summed E-state index contributed by atoms with van der Waals surface area (Å²) in [5.74, 6) is 1.61. The maximum atomic E-state index is 13.0. The molecular weight excluding hydrogens is 383 g/mol. The summed E-state index contributed by atoms with van der Waals surface area (Å²) in [6, 6.07) is 13.2. The summed E-state index contributed by atoms with van der Waals surface area (Å²) in [7, 11) is 1.61. The summed E-state index contributed by atoms with van der Waals surface area (Å²) in [6.45, 7) is 1.90. The molecular formula is C19H15FN4O3S. The third kappa shape index (κ3) is 3.89. The highest BCUT2D eigenvalue weighted by molar-refractivity contribution is 7.99. The molecule has 0 spiro atoms. The highest BCUT2D eigenvalue weighted by atomic mass is 32.2. The van der Waals surface area contributed by atoms with Crippen LogP contribution in [0.25, 0.3) is 22.9 Å². The summed E-state index contributed by atoms with van der Waals surface area (Å²) in [5, 5.41) is 16.4. The molecule has 0 radical (unpaired) electrons. The van der Waals surface area contributed by atoms with Crippen LogP contribution >= 0.6 is 11.8 Å². The van der Waals surface area contributed by atoms with E-state index in [1.807, 2.05) is 31.2 Å². The van der Waals surface area contributed by atoms with E-state index >= 15 is 0 Å². The molecule has 1 atom stereocenters. The molecule has 0 aliphatic heterocycles. The molecule has 28 heavy (non-hydrogen) atoms. The fourth-order valence-corrected chi connectivity index (χ4v) is 3.13. The zero-order valence-electron chi connectivity index (χ0n) is 15.0. The van der Waals surface area contributed by atoms with Crippen molar-refractivity contribution in [1.29, 1.82) is 0 Å². The summed E-state index contributed by atoms with van der Waals surface area (Å²) in [5.41, 5.74) is 1.45. The smallest absolute Gasteiger partial charge is 0.277 e. The van der Waals surface area contributed by atoms with Gasteiger partial charge in [-0.25, -0.2) is 4.39 Å². The van der Waals surface area contributed by atoms with Gasteiger partial charge in [-0.1, -0.05) is 11.8 Å². The van der Waals surface area contributed by atoms with Gasteiger partial charge in [-0.15, -0.1) is 20.4 Å². The van der Waals surface area contributed by atoms with E-state index in [1.165, 1.54) is 23.9 Å². The molecule has 2 aromatic carbocycles. The Bertz CT molecular complexity index is 1060. The molecule has 0 N–H and O–H groups in total. The van der Waals surface area contributed by atoms with E-state index in [1.54, 1.807) is 19.2 Å². The predicted octanol–water partition coefficient (Wildman–Crippen LogP) is 4.79. The molecule has 0 aliphatic rings. The first-order chi connectivity index (χ1) is 13.6. The van der Waals surface area contributed by atoms with E-state index in [0.29, 0.717) is 28.5 Å². The van der Waals surface area contributed by atoms with Crippen LogP contribution in [0.1, 0.15) is 18.1 Å². The Kier molecular flexibility index (Phi) is 5.07. The molecule has 0 saturated carbocycles. The Morgan fingerprint density at radius 3 is 2.14 bits per heavy atom. The van der Waals surface area contributed by atoms with Crippen molar-refractivity contribution in [3.05, 3.63) is 60.2 Å². The number of methoxy groups -OCH3 is 1. The molecule has 0 fully saturated rings. The second-order valence-corrected chi connectivity index (χ2v) is 7.11. The van der Waals surface area contributed by atoms with Crippen LogP contribution in [0.5, 0.6) is 5.75 Å². The molecule has 142 valence electrons. The molecule has 0 amide bonds. The van der Waals surface area contributed by atoms with Crippen molar-refractivity contribution in [3.8, 4) is 28.7 Å². The quantitative estimate of drug-likeness (QED) is 0.429. The maximum Gasteiger partial charge on any atom is 0.277 e. The van der Waals surface area contributed by atoms with Gasteiger partial charge in [0.05, 0.1) is 12.4 Å². The zero-order valence-corrected chi connectivity index (χ0v) is 15.8. The third-order valence-corrected chi connectivity index (χ3v) is 4.82. The van der Waals surface area contributed by atoms with E-state index in [9.17, 15) is 4.39 Å².